The molecular weight excluding hydrogens is 437 g/mol. The van der Waals surface area contributed by atoms with Crippen LogP contribution in [-0.4, -0.2) is 35.7 Å². The zero-order chi connectivity index (χ0) is 23.6. The minimum Gasteiger partial charge on any atom is -0.312 e. The first-order valence-electron chi connectivity index (χ1n) is 11.0. The van der Waals surface area contributed by atoms with Crippen LogP contribution in [0.2, 0.25) is 0 Å². The van der Waals surface area contributed by atoms with Gasteiger partial charge in [-0.1, -0.05) is 42.5 Å². The van der Waals surface area contributed by atoms with Crippen LogP contribution in [-0.2, 0) is 26.8 Å². The normalized spacial score (nSPS) is 11.9. The first-order valence-corrected chi connectivity index (χ1v) is 12.7. The average Bonchev–Trinajstić information content (AvgIpc) is 3.15. The Morgan fingerprint density at radius 3 is 2.33 bits per heavy atom. The molecule has 0 aliphatic rings. The second kappa shape index (κ2) is 9.48. The number of carbonyl (C=O) groups excluding carboxylic acids is 1. The molecular formula is C25H28N3O4P. The number of nitrogens with zero attached hydrogens (tertiary/aromatic N) is 3. The molecule has 172 valence electrons. The summed E-state index contributed by atoms with van der Waals surface area (Å²) in [6, 6.07) is 19.2. The molecule has 0 radical (unpaired) electrons. The maximum Gasteiger partial charge on any atom is 0.335 e. The number of benzene rings is 3. The van der Waals surface area contributed by atoms with Crippen molar-refractivity contribution in [3.05, 3.63) is 71.8 Å². The van der Waals surface area contributed by atoms with Gasteiger partial charge in [-0.05, 0) is 43.0 Å². The summed E-state index contributed by atoms with van der Waals surface area (Å²) in [7, 11) is 0.441. The lowest BCUT2D eigenvalue weighted by molar-refractivity contribution is 0.0991. The summed E-state index contributed by atoms with van der Waals surface area (Å²) < 4.78 is 25.5. The van der Waals surface area contributed by atoms with E-state index < -0.39 is 7.60 Å². The van der Waals surface area contributed by atoms with Gasteiger partial charge in [0.1, 0.15) is 0 Å². The lowest BCUT2D eigenvalue weighted by Crippen LogP contribution is -2.28. The van der Waals surface area contributed by atoms with E-state index >= 15 is 0 Å². The molecule has 7 nitrogen and oxygen atoms in total. The molecule has 3 aromatic carbocycles. The summed E-state index contributed by atoms with van der Waals surface area (Å²) in [6.45, 7) is 4.19. The van der Waals surface area contributed by atoms with Gasteiger partial charge in [-0.15, -0.1) is 0 Å². The molecule has 0 fully saturated rings. The van der Waals surface area contributed by atoms with Gasteiger partial charge in [0, 0.05) is 25.0 Å². The SMILES string of the molecule is CCOP(=O)(Cc1ccc(C(=O)N(C)c2nc3ccc4ccccc4c3n2C)cc1)OCC. The molecule has 0 bridgehead atoms. The molecule has 8 heteroatoms. The van der Waals surface area contributed by atoms with Crippen molar-refractivity contribution in [1.29, 1.82) is 0 Å². The number of amides is 1. The maximum atomic E-state index is 13.2. The Kier molecular flexibility index (Phi) is 6.66. The summed E-state index contributed by atoms with van der Waals surface area (Å²) in [4.78, 5) is 19.5. The third-order valence-corrected chi connectivity index (χ3v) is 7.62. The summed E-state index contributed by atoms with van der Waals surface area (Å²) in [5, 5.41) is 2.22. The molecule has 1 aromatic heterocycles. The minimum absolute atomic E-state index is 0.164. The smallest absolute Gasteiger partial charge is 0.312 e. The molecule has 0 saturated carbocycles. The third-order valence-electron chi connectivity index (χ3n) is 5.57. The lowest BCUT2D eigenvalue weighted by Gasteiger charge is -2.18. The van der Waals surface area contributed by atoms with E-state index in [-0.39, 0.29) is 12.1 Å². The molecule has 0 N–H and O–H groups in total. The van der Waals surface area contributed by atoms with Gasteiger partial charge in [0.2, 0.25) is 5.95 Å². The van der Waals surface area contributed by atoms with Gasteiger partial charge in [0.15, 0.2) is 0 Å². The predicted octanol–water partition coefficient (Wildman–Crippen LogP) is 5.77. The molecule has 33 heavy (non-hydrogen) atoms. The first-order chi connectivity index (χ1) is 15.9. The van der Waals surface area contributed by atoms with Crippen molar-refractivity contribution < 1.29 is 18.4 Å². The monoisotopic (exact) mass is 465 g/mol. The number of hydrogen-bond donors (Lipinski definition) is 0. The van der Waals surface area contributed by atoms with Gasteiger partial charge in [0.05, 0.1) is 30.4 Å². The highest BCUT2D eigenvalue weighted by Gasteiger charge is 2.25. The number of hydrogen-bond acceptors (Lipinski definition) is 5. The van der Waals surface area contributed by atoms with E-state index in [0.717, 1.165) is 27.4 Å². The van der Waals surface area contributed by atoms with E-state index in [1.165, 1.54) is 0 Å². The first kappa shape index (κ1) is 23.2. The number of aromatic nitrogens is 2. The molecule has 0 aliphatic carbocycles. The molecule has 0 saturated heterocycles. The number of carbonyl (C=O) groups is 1. The van der Waals surface area contributed by atoms with Gasteiger partial charge in [-0.2, -0.15) is 0 Å². The van der Waals surface area contributed by atoms with Crippen LogP contribution in [0.3, 0.4) is 0 Å². The highest BCUT2D eigenvalue weighted by Crippen LogP contribution is 2.51. The Morgan fingerprint density at radius 1 is 1.00 bits per heavy atom. The molecule has 0 atom stereocenters. The van der Waals surface area contributed by atoms with Gasteiger partial charge < -0.3 is 13.6 Å². The van der Waals surface area contributed by atoms with Gasteiger partial charge in [-0.3, -0.25) is 14.3 Å². The van der Waals surface area contributed by atoms with Crippen molar-refractivity contribution in [2.75, 3.05) is 25.2 Å². The van der Waals surface area contributed by atoms with Crippen molar-refractivity contribution in [2.24, 2.45) is 7.05 Å². The molecule has 4 aromatic rings. The summed E-state index contributed by atoms with van der Waals surface area (Å²) in [6.07, 6.45) is 0.164. The second-order valence-corrected chi connectivity index (χ2v) is 9.85. The Hall–Kier alpha value is -2.99. The largest absolute Gasteiger partial charge is 0.335 e. The molecule has 1 heterocycles. The summed E-state index contributed by atoms with van der Waals surface area (Å²) in [5.41, 5.74) is 3.12. The van der Waals surface area contributed by atoms with Crippen LogP contribution in [0.5, 0.6) is 0 Å². The van der Waals surface area contributed by atoms with Crippen LogP contribution >= 0.6 is 7.60 Å². The lowest BCUT2D eigenvalue weighted by atomic mass is 10.1. The van der Waals surface area contributed by atoms with Crippen LogP contribution in [0, 0.1) is 0 Å². The summed E-state index contributed by atoms with van der Waals surface area (Å²) in [5.74, 6) is 0.384. The van der Waals surface area contributed by atoms with Gasteiger partial charge in [-0.25, -0.2) is 4.98 Å². The van der Waals surface area contributed by atoms with Crippen LogP contribution < -0.4 is 4.90 Å². The summed E-state index contributed by atoms with van der Waals surface area (Å²) >= 11 is 0. The number of anilines is 1. The number of rotatable bonds is 8. The van der Waals surface area contributed by atoms with E-state index in [4.69, 9.17) is 14.0 Å². The van der Waals surface area contributed by atoms with Crippen molar-refractivity contribution in [1.82, 2.24) is 9.55 Å². The molecule has 0 aliphatic heterocycles. The van der Waals surface area contributed by atoms with E-state index in [9.17, 15) is 9.36 Å². The molecule has 0 unspecified atom stereocenters. The van der Waals surface area contributed by atoms with Gasteiger partial charge in [0.25, 0.3) is 5.91 Å². The van der Waals surface area contributed by atoms with E-state index in [1.807, 2.05) is 35.9 Å². The van der Waals surface area contributed by atoms with Crippen LogP contribution in [0.4, 0.5) is 5.95 Å². The average molecular weight is 465 g/mol. The van der Waals surface area contributed by atoms with Crippen LogP contribution in [0.1, 0.15) is 29.8 Å². The fraction of sp³-hybridized carbons (Fsp3) is 0.280. The van der Waals surface area contributed by atoms with Crippen molar-refractivity contribution in [3.8, 4) is 0 Å². The minimum atomic E-state index is -3.20. The fourth-order valence-corrected chi connectivity index (χ4v) is 5.75. The number of aryl methyl sites for hydroxylation is 1. The number of imidazole rings is 1. The highest BCUT2D eigenvalue weighted by atomic mass is 31.2. The van der Waals surface area contributed by atoms with Crippen LogP contribution in [0.25, 0.3) is 21.8 Å². The van der Waals surface area contributed by atoms with Crippen molar-refractivity contribution >= 4 is 41.3 Å². The Balaban J connectivity index is 1.60. The highest BCUT2D eigenvalue weighted by molar-refractivity contribution is 7.53. The quantitative estimate of drug-likeness (QED) is 0.309. The Bertz CT molecular complexity index is 1340. The Morgan fingerprint density at radius 2 is 1.67 bits per heavy atom. The predicted molar refractivity (Wildman–Crippen MR) is 132 cm³/mol. The zero-order valence-corrected chi connectivity index (χ0v) is 20.2. The van der Waals surface area contributed by atoms with Crippen molar-refractivity contribution in [3.63, 3.8) is 0 Å². The van der Waals surface area contributed by atoms with Gasteiger partial charge >= 0.3 is 7.60 Å². The van der Waals surface area contributed by atoms with E-state index in [1.54, 1.807) is 50.1 Å². The van der Waals surface area contributed by atoms with E-state index in [0.29, 0.717) is 24.7 Å². The topological polar surface area (TPSA) is 73.7 Å². The molecule has 4 rings (SSSR count). The fourth-order valence-electron chi connectivity index (χ4n) is 4.05. The number of fused-ring (bicyclic) bond motifs is 3. The van der Waals surface area contributed by atoms with Crippen LogP contribution in [0.15, 0.2) is 60.7 Å². The maximum absolute atomic E-state index is 13.2. The zero-order valence-electron chi connectivity index (χ0n) is 19.3. The molecule has 0 spiro atoms. The van der Waals surface area contributed by atoms with E-state index in [2.05, 4.69) is 12.1 Å². The third kappa shape index (κ3) is 4.58. The van der Waals surface area contributed by atoms with Crippen molar-refractivity contribution in [2.45, 2.75) is 20.0 Å². The molecule has 1 amide bonds. The Labute approximate surface area is 193 Å². The standard InChI is InChI=1S/C25H28N3O4P/c1-5-31-33(30,32-6-2)17-18-11-13-20(14-12-18)24(29)28(4)25-26-22-16-15-19-9-7-8-10-21(19)23(22)27(25)3/h7-16H,5-6,17H2,1-4H3. The second-order valence-electron chi connectivity index (χ2n) is 7.79.